The summed E-state index contributed by atoms with van der Waals surface area (Å²) in [6, 6.07) is 7.17. The van der Waals surface area contributed by atoms with Crippen molar-refractivity contribution in [2.45, 2.75) is 46.1 Å². The zero-order valence-corrected chi connectivity index (χ0v) is 12.9. The van der Waals surface area contributed by atoms with E-state index >= 15 is 0 Å². The van der Waals surface area contributed by atoms with E-state index in [1.807, 2.05) is 0 Å². The number of nitrogens with one attached hydrogen (secondary N) is 1. The molecule has 2 rings (SSSR count). The van der Waals surface area contributed by atoms with E-state index < -0.39 is 0 Å². The lowest BCUT2D eigenvalue weighted by atomic mass is 9.91. The van der Waals surface area contributed by atoms with Crippen LogP contribution in [0.1, 0.15) is 37.8 Å². The van der Waals surface area contributed by atoms with Gasteiger partial charge in [0.2, 0.25) is 0 Å². The van der Waals surface area contributed by atoms with Crippen LogP contribution in [-0.4, -0.2) is 31.1 Å². The van der Waals surface area contributed by atoms with Crippen LogP contribution in [0.15, 0.2) is 18.2 Å². The SMILES string of the molecule is CCc1cccc(C)c1NC(C)C1CCCN(C)C1. The van der Waals surface area contributed by atoms with Crippen molar-refractivity contribution >= 4 is 5.69 Å². The number of hydrogen-bond donors (Lipinski definition) is 1. The number of benzene rings is 1. The molecule has 1 aliphatic heterocycles. The molecule has 0 amide bonds. The van der Waals surface area contributed by atoms with Crippen molar-refractivity contribution in [3.8, 4) is 0 Å². The first-order valence-electron chi connectivity index (χ1n) is 7.65. The molecule has 2 heteroatoms. The van der Waals surface area contributed by atoms with E-state index in [2.05, 4.69) is 56.2 Å². The summed E-state index contributed by atoms with van der Waals surface area (Å²) in [6.07, 6.45) is 3.79. The Morgan fingerprint density at radius 1 is 1.42 bits per heavy atom. The van der Waals surface area contributed by atoms with Crippen molar-refractivity contribution in [1.82, 2.24) is 4.90 Å². The standard InChI is InChI=1S/C17H28N2/c1-5-15-9-6-8-13(2)17(15)18-14(3)16-10-7-11-19(4)12-16/h6,8-9,14,16,18H,5,7,10-12H2,1-4H3. The lowest BCUT2D eigenvalue weighted by molar-refractivity contribution is 0.197. The van der Waals surface area contributed by atoms with Crippen LogP contribution in [0, 0.1) is 12.8 Å². The highest BCUT2D eigenvalue weighted by Crippen LogP contribution is 2.26. The average molecular weight is 260 g/mol. The minimum absolute atomic E-state index is 0.550. The van der Waals surface area contributed by atoms with E-state index in [-0.39, 0.29) is 0 Å². The lowest BCUT2D eigenvalue weighted by Gasteiger charge is -2.35. The summed E-state index contributed by atoms with van der Waals surface area (Å²) in [5.41, 5.74) is 4.18. The molecule has 1 heterocycles. The molecule has 0 spiro atoms. The summed E-state index contributed by atoms with van der Waals surface area (Å²) in [4.78, 5) is 2.46. The van der Waals surface area contributed by atoms with Gasteiger partial charge in [0.15, 0.2) is 0 Å². The number of rotatable bonds is 4. The Kier molecular flexibility index (Phi) is 4.87. The third-order valence-corrected chi connectivity index (χ3v) is 4.48. The highest BCUT2D eigenvalue weighted by atomic mass is 15.1. The molecule has 0 saturated carbocycles. The molecule has 1 N–H and O–H groups in total. The Morgan fingerprint density at radius 2 is 2.21 bits per heavy atom. The molecule has 1 aromatic rings. The van der Waals surface area contributed by atoms with Crippen molar-refractivity contribution in [3.63, 3.8) is 0 Å². The number of hydrogen-bond acceptors (Lipinski definition) is 2. The van der Waals surface area contributed by atoms with Crippen LogP contribution in [-0.2, 0) is 6.42 Å². The monoisotopic (exact) mass is 260 g/mol. The summed E-state index contributed by atoms with van der Waals surface area (Å²) in [5, 5.41) is 3.79. The van der Waals surface area contributed by atoms with Gasteiger partial charge in [-0.1, -0.05) is 25.1 Å². The van der Waals surface area contributed by atoms with Crippen molar-refractivity contribution in [2.24, 2.45) is 5.92 Å². The van der Waals surface area contributed by atoms with E-state index in [0.717, 1.165) is 12.3 Å². The average Bonchev–Trinajstić information content (AvgIpc) is 2.41. The Morgan fingerprint density at radius 3 is 2.89 bits per heavy atom. The van der Waals surface area contributed by atoms with Gasteiger partial charge in [-0.2, -0.15) is 0 Å². The van der Waals surface area contributed by atoms with Gasteiger partial charge in [-0.25, -0.2) is 0 Å². The third kappa shape index (κ3) is 3.50. The first-order chi connectivity index (χ1) is 9.11. The molecule has 1 aliphatic rings. The van der Waals surface area contributed by atoms with Gasteiger partial charge in [0, 0.05) is 18.3 Å². The fourth-order valence-electron chi connectivity index (χ4n) is 3.19. The Labute approximate surface area is 118 Å². The highest BCUT2D eigenvalue weighted by molar-refractivity contribution is 5.57. The summed E-state index contributed by atoms with van der Waals surface area (Å²) in [5.74, 6) is 0.767. The normalized spacial score (nSPS) is 22.2. The van der Waals surface area contributed by atoms with E-state index in [9.17, 15) is 0 Å². The first kappa shape index (κ1) is 14.4. The van der Waals surface area contributed by atoms with Crippen LogP contribution >= 0.6 is 0 Å². The zero-order valence-electron chi connectivity index (χ0n) is 12.9. The number of para-hydroxylation sites is 1. The second kappa shape index (κ2) is 6.42. The minimum Gasteiger partial charge on any atom is -0.382 e. The summed E-state index contributed by atoms with van der Waals surface area (Å²) >= 11 is 0. The maximum atomic E-state index is 3.79. The lowest BCUT2D eigenvalue weighted by Crippen LogP contribution is -2.40. The minimum atomic E-state index is 0.550. The maximum absolute atomic E-state index is 3.79. The molecule has 2 nitrogen and oxygen atoms in total. The van der Waals surface area contributed by atoms with E-state index in [0.29, 0.717) is 6.04 Å². The molecular formula is C17H28N2. The van der Waals surface area contributed by atoms with Crippen LogP contribution < -0.4 is 5.32 Å². The number of piperidine rings is 1. The molecule has 0 bridgehead atoms. The number of aryl methyl sites for hydroxylation is 2. The molecule has 2 unspecified atom stereocenters. The maximum Gasteiger partial charge on any atom is 0.0404 e. The van der Waals surface area contributed by atoms with Crippen LogP contribution in [0.2, 0.25) is 0 Å². The molecule has 0 radical (unpaired) electrons. The molecule has 2 atom stereocenters. The second-order valence-electron chi connectivity index (χ2n) is 6.06. The quantitative estimate of drug-likeness (QED) is 0.888. The fraction of sp³-hybridized carbons (Fsp3) is 0.647. The van der Waals surface area contributed by atoms with E-state index in [1.54, 1.807) is 0 Å². The van der Waals surface area contributed by atoms with Gasteiger partial charge in [-0.3, -0.25) is 0 Å². The van der Waals surface area contributed by atoms with Gasteiger partial charge >= 0.3 is 0 Å². The van der Waals surface area contributed by atoms with Gasteiger partial charge < -0.3 is 10.2 Å². The van der Waals surface area contributed by atoms with Gasteiger partial charge in [0.05, 0.1) is 0 Å². The molecule has 106 valence electrons. The smallest absolute Gasteiger partial charge is 0.0404 e. The molecular weight excluding hydrogens is 232 g/mol. The third-order valence-electron chi connectivity index (χ3n) is 4.48. The Balaban J connectivity index is 2.08. The summed E-state index contributed by atoms with van der Waals surface area (Å²) in [7, 11) is 2.24. The van der Waals surface area contributed by atoms with Gasteiger partial charge in [-0.15, -0.1) is 0 Å². The molecule has 19 heavy (non-hydrogen) atoms. The molecule has 1 aromatic carbocycles. The van der Waals surface area contributed by atoms with E-state index in [1.165, 1.54) is 42.7 Å². The van der Waals surface area contributed by atoms with Crippen molar-refractivity contribution in [1.29, 1.82) is 0 Å². The van der Waals surface area contributed by atoms with E-state index in [4.69, 9.17) is 0 Å². The zero-order chi connectivity index (χ0) is 13.8. The van der Waals surface area contributed by atoms with Crippen LogP contribution in [0.5, 0.6) is 0 Å². The highest BCUT2D eigenvalue weighted by Gasteiger charge is 2.23. The van der Waals surface area contributed by atoms with Crippen molar-refractivity contribution in [2.75, 3.05) is 25.5 Å². The van der Waals surface area contributed by atoms with Gasteiger partial charge in [0.1, 0.15) is 0 Å². The first-order valence-corrected chi connectivity index (χ1v) is 7.65. The number of likely N-dealkylation sites (tertiary alicyclic amines) is 1. The van der Waals surface area contributed by atoms with Crippen LogP contribution in [0.3, 0.4) is 0 Å². The Bertz CT molecular complexity index is 414. The number of anilines is 1. The summed E-state index contributed by atoms with van der Waals surface area (Å²) < 4.78 is 0. The fourth-order valence-corrected chi connectivity index (χ4v) is 3.19. The molecule has 0 aromatic heterocycles. The van der Waals surface area contributed by atoms with Gasteiger partial charge in [0.25, 0.3) is 0 Å². The van der Waals surface area contributed by atoms with Gasteiger partial charge in [-0.05, 0) is 63.7 Å². The van der Waals surface area contributed by atoms with Crippen molar-refractivity contribution < 1.29 is 0 Å². The van der Waals surface area contributed by atoms with Crippen LogP contribution in [0.4, 0.5) is 5.69 Å². The molecule has 1 saturated heterocycles. The predicted octanol–water partition coefficient (Wildman–Crippen LogP) is 3.70. The molecule has 1 fully saturated rings. The van der Waals surface area contributed by atoms with Crippen molar-refractivity contribution in [3.05, 3.63) is 29.3 Å². The number of nitrogens with zero attached hydrogens (tertiary/aromatic N) is 1. The Hall–Kier alpha value is -1.02. The topological polar surface area (TPSA) is 15.3 Å². The predicted molar refractivity (Wildman–Crippen MR) is 83.9 cm³/mol. The van der Waals surface area contributed by atoms with Crippen LogP contribution in [0.25, 0.3) is 0 Å². The second-order valence-corrected chi connectivity index (χ2v) is 6.06. The largest absolute Gasteiger partial charge is 0.382 e. The molecule has 0 aliphatic carbocycles. The summed E-state index contributed by atoms with van der Waals surface area (Å²) in [6.45, 7) is 9.27.